The summed E-state index contributed by atoms with van der Waals surface area (Å²) in [7, 11) is 0. The molecule has 2 aliphatic rings. The minimum absolute atomic E-state index is 0.118. The molecule has 2 rings (SSSR count). The van der Waals surface area contributed by atoms with Crippen LogP contribution in [-0.4, -0.2) is 29.2 Å². The van der Waals surface area contributed by atoms with E-state index in [9.17, 15) is 9.59 Å². The number of carboxylic acid groups (broad SMARTS) is 1. The van der Waals surface area contributed by atoms with Gasteiger partial charge >= 0.3 is 12.0 Å². The van der Waals surface area contributed by atoms with E-state index < -0.39 is 12.0 Å². The number of hydrogen-bond donors (Lipinski definition) is 3. The van der Waals surface area contributed by atoms with Crippen molar-refractivity contribution in [2.75, 3.05) is 0 Å². The highest BCUT2D eigenvalue weighted by molar-refractivity contribution is 5.83. The first kappa shape index (κ1) is 14.2. The SMILES string of the molecule is CC1CCC(NC(=O)NC(C(=O)O)C2CC2)C(C)C1. The van der Waals surface area contributed by atoms with E-state index in [-0.39, 0.29) is 18.0 Å². The first-order valence-electron chi connectivity index (χ1n) is 7.27. The maximum absolute atomic E-state index is 11.9. The summed E-state index contributed by atoms with van der Waals surface area (Å²) in [4.78, 5) is 23.0. The summed E-state index contributed by atoms with van der Waals surface area (Å²) in [5, 5.41) is 14.6. The minimum Gasteiger partial charge on any atom is -0.480 e. The quantitative estimate of drug-likeness (QED) is 0.729. The average Bonchev–Trinajstić information content (AvgIpc) is 3.13. The number of carbonyl (C=O) groups excluding carboxylic acids is 1. The molecule has 4 unspecified atom stereocenters. The monoisotopic (exact) mass is 268 g/mol. The van der Waals surface area contributed by atoms with E-state index in [1.807, 2.05) is 0 Å². The van der Waals surface area contributed by atoms with Gasteiger partial charge in [0.05, 0.1) is 0 Å². The summed E-state index contributed by atoms with van der Waals surface area (Å²) in [6, 6.07) is -0.881. The van der Waals surface area contributed by atoms with Gasteiger partial charge < -0.3 is 15.7 Å². The highest BCUT2D eigenvalue weighted by Crippen LogP contribution is 2.33. The summed E-state index contributed by atoms with van der Waals surface area (Å²) < 4.78 is 0. The zero-order valence-electron chi connectivity index (χ0n) is 11.7. The Balaban J connectivity index is 1.81. The largest absolute Gasteiger partial charge is 0.480 e. The van der Waals surface area contributed by atoms with Crippen LogP contribution >= 0.6 is 0 Å². The molecule has 0 spiro atoms. The van der Waals surface area contributed by atoms with Crippen molar-refractivity contribution < 1.29 is 14.7 Å². The lowest BCUT2D eigenvalue weighted by molar-refractivity contribution is -0.139. The van der Waals surface area contributed by atoms with E-state index in [0.717, 1.165) is 32.1 Å². The lowest BCUT2D eigenvalue weighted by Gasteiger charge is -2.33. The number of amides is 2. The van der Waals surface area contributed by atoms with Crippen LogP contribution in [0.1, 0.15) is 46.0 Å². The molecule has 0 heterocycles. The van der Waals surface area contributed by atoms with E-state index in [1.54, 1.807) is 0 Å². The van der Waals surface area contributed by atoms with Crippen LogP contribution in [0.15, 0.2) is 0 Å². The zero-order valence-corrected chi connectivity index (χ0v) is 11.7. The van der Waals surface area contributed by atoms with Crippen molar-refractivity contribution in [3.63, 3.8) is 0 Å². The van der Waals surface area contributed by atoms with E-state index in [4.69, 9.17) is 5.11 Å². The molecule has 5 heteroatoms. The van der Waals surface area contributed by atoms with Crippen LogP contribution < -0.4 is 10.6 Å². The number of aliphatic carboxylic acids is 1. The van der Waals surface area contributed by atoms with Gasteiger partial charge in [-0.05, 0) is 49.9 Å². The van der Waals surface area contributed by atoms with Crippen LogP contribution in [0.5, 0.6) is 0 Å². The molecule has 2 amide bonds. The normalized spacial score (nSPS) is 32.4. The Morgan fingerprint density at radius 2 is 1.84 bits per heavy atom. The third-order valence-corrected chi connectivity index (χ3v) is 4.39. The average molecular weight is 268 g/mol. The van der Waals surface area contributed by atoms with E-state index in [2.05, 4.69) is 24.5 Å². The summed E-state index contributed by atoms with van der Waals surface area (Å²) >= 11 is 0. The Hall–Kier alpha value is -1.26. The topological polar surface area (TPSA) is 78.4 Å². The van der Waals surface area contributed by atoms with Gasteiger partial charge in [0, 0.05) is 6.04 Å². The second-order valence-corrected chi connectivity index (χ2v) is 6.27. The Kier molecular flexibility index (Phi) is 4.32. The molecule has 2 fully saturated rings. The van der Waals surface area contributed by atoms with Crippen molar-refractivity contribution in [2.24, 2.45) is 17.8 Å². The molecule has 2 aliphatic carbocycles. The molecule has 0 saturated heterocycles. The van der Waals surface area contributed by atoms with E-state index >= 15 is 0 Å². The molecule has 0 aromatic rings. The molecular weight excluding hydrogens is 244 g/mol. The molecule has 5 nitrogen and oxygen atoms in total. The number of urea groups is 1. The molecule has 2 saturated carbocycles. The predicted molar refractivity (Wildman–Crippen MR) is 71.8 cm³/mol. The maximum atomic E-state index is 11.9. The van der Waals surface area contributed by atoms with Gasteiger partial charge in [-0.1, -0.05) is 13.8 Å². The van der Waals surface area contributed by atoms with Crippen molar-refractivity contribution in [2.45, 2.75) is 58.0 Å². The van der Waals surface area contributed by atoms with Gasteiger partial charge in [0.15, 0.2) is 0 Å². The fourth-order valence-corrected chi connectivity index (χ4v) is 3.04. The summed E-state index contributed by atoms with van der Waals surface area (Å²) in [6.07, 6.45) is 5.02. The van der Waals surface area contributed by atoms with Crippen LogP contribution in [-0.2, 0) is 4.79 Å². The van der Waals surface area contributed by atoms with Crippen LogP contribution in [0, 0.1) is 17.8 Å². The first-order chi connectivity index (χ1) is 8.97. The molecule has 0 aromatic carbocycles. The van der Waals surface area contributed by atoms with Crippen molar-refractivity contribution in [3.8, 4) is 0 Å². The summed E-state index contributed by atoms with van der Waals surface area (Å²) in [5.41, 5.74) is 0. The molecule has 3 N–H and O–H groups in total. The smallest absolute Gasteiger partial charge is 0.326 e. The van der Waals surface area contributed by atoms with Crippen molar-refractivity contribution in [3.05, 3.63) is 0 Å². The van der Waals surface area contributed by atoms with E-state index in [1.165, 1.54) is 0 Å². The molecule has 0 aliphatic heterocycles. The molecule has 19 heavy (non-hydrogen) atoms. The fourth-order valence-electron chi connectivity index (χ4n) is 3.04. The number of hydrogen-bond acceptors (Lipinski definition) is 2. The molecule has 4 atom stereocenters. The fraction of sp³-hybridized carbons (Fsp3) is 0.857. The van der Waals surface area contributed by atoms with Gasteiger partial charge in [0.2, 0.25) is 0 Å². The number of carboxylic acids is 1. The Labute approximate surface area is 114 Å². The van der Waals surface area contributed by atoms with E-state index in [0.29, 0.717) is 11.8 Å². The predicted octanol–water partition coefficient (Wildman–Crippen LogP) is 1.97. The number of carbonyl (C=O) groups is 2. The minimum atomic E-state index is -0.928. The van der Waals surface area contributed by atoms with Gasteiger partial charge in [-0.15, -0.1) is 0 Å². The second kappa shape index (κ2) is 5.80. The van der Waals surface area contributed by atoms with Gasteiger partial charge in [-0.2, -0.15) is 0 Å². The van der Waals surface area contributed by atoms with Crippen LogP contribution in [0.25, 0.3) is 0 Å². The summed E-state index contributed by atoms with van der Waals surface area (Å²) in [6.45, 7) is 4.39. The van der Waals surface area contributed by atoms with Crippen LogP contribution in [0.3, 0.4) is 0 Å². The van der Waals surface area contributed by atoms with Gasteiger partial charge in [-0.3, -0.25) is 0 Å². The highest BCUT2D eigenvalue weighted by atomic mass is 16.4. The van der Waals surface area contributed by atoms with Crippen LogP contribution in [0.4, 0.5) is 4.79 Å². The molecule has 0 aromatic heterocycles. The van der Waals surface area contributed by atoms with Crippen molar-refractivity contribution in [1.29, 1.82) is 0 Å². The first-order valence-corrected chi connectivity index (χ1v) is 7.27. The van der Waals surface area contributed by atoms with Crippen molar-refractivity contribution in [1.82, 2.24) is 10.6 Å². The number of nitrogens with one attached hydrogen (secondary N) is 2. The maximum Gasteiger partial charge on any atom is 0.326 e. The standard InChI is InChI=1S/C14H24N2O3/c1-8-3-6-11(9(2)7-8)15-14(19)16-12(13(17)18)10-4-5-10/h8-12H,3-7H2,1-2H3,(H,17,18)(H2,15,16,19). The molecular formula is C14H24N2O3. The third kappa shape index (κ3) is 3.85. The van der Waals surface area contributed by atoms with Crippen molar-refractivity contribution >= 4 is 12.0 Å². The Morgan fingerprint density at radius 1 is 1.16 bits per heavy atom. The zero-order chi connectivity index (χ0) is 14.0. The third-order valence-electron chi connectivity index (χ3n) is 4.39. The summed E-state index contributed by atoms with van der Waals surface area (Å²) in [5.74, 6) is 0.364. The lowest BCUT2D eigenvalue weighted by Crippen LogP contribution is -2.52. The lowest BCUT2D eigenvalue weighted by atomic mass is 9.80. The number of rotatable bonds is 4. The molecule has 0 radical (unpaired) electrons. The second-order valence-electron chi connectivity index (χ2n) is 6.27. The van der Waals surface area contributed by atoms with Gasteiger partial charge in [-0.25, -0.2) is 9.59 Å². The van der Waals surface area contributed by atoms with Crippen LogP contribution in [0.2, 0.25) is 0 Å². The van der Waals surface area contributed by atoms with Gasteiger partial charge in [0.25, 0.3) is 0 Å². The molecule has 108 valence electrons. The van der Waals surface area contributed by atoms with Gasteiger partial charge in [0.1, 0.15) is 6.04 Å². The molecule has 0 bridgehead atoms. The Morgan fingerprint density at radius 3 is 2.37 bits per heavy atom. The highest BCUT2D eigenvalue weighted by Gasteiger charge is 2.37. The Bertz CT molecular complexity index is 355.